The topological polar surface area (TPSA) is 79.6 Å². The van der Waals surface area contributed by atoms with Crippen molar-refractivity contribution in [1.82, 2.24) is 4.90 Å². The second-order valence-electron chi connectivity index (χ2n) is 7.49. The van der Waals surface area contributed by atoms with E-state index in [1.165, 1.54) is 4.90 Å². The van der Waals surface area contributed by atoms with E-state index in [0.717, 1.165) is 35.6 Å². The van der Waals surface area contributed by atoms with Crippen molar-refractivity contribution in [3.63, 3.8) is 0 Å². The Morgan fingerprint density at radius 3 is 2.54 bits per heavy atom. The molecule has 3 aromatic rings. The number of imide groups is 1. The summed E-state index contributed by atoms with van der Waals surface area (Å²) in [5.41, 5.74) is 2.94. The summed E-state index contributed by atoms with van der Waals surface area (Å²) >= 11 is 5.28. The summed E-state index contributed by atoms with van der Waals surface area (Å²) in [5.74, 6) is 0.724. The van der Waals surface area contributed by atoms with Gasteiger partial charge in [0, 0.05) is 9.13 Å². The van der Waals surface area contributed by atoms with E-state index in [1.807, 2.05) is 48.5 Å². The van der Waals surface area contributed by atoms with Crippen molar-refractivity contribution in [2.24, 2.45) is 0 Å². The van der Waals surface area contributed by atoms with Crippen LogP contribution in [-0.4, -0.2) is 23.2 Å². The third-order valence-corrected chi connectivity index (χ3v) is 7.61. The number of benzene rings is 3. The van der Waals surface area contributed by atoms with Gasteiger partial charge in [-0.25, -0.2) is 0 Å². The van der Waals surface area contributed by atoms with E-state index in [2.05, 4.69) is 51.3 Å². The molecule has 1 heterocycles. The van der Waals surface area contributed by atoms with Gasteiger partial charge in [-0.15, -0.1) is 0 Å². The monoisotopic (exact) mass is 708 g/mol. The largest absolute Gasteiger partial charge is 0.493 e. The van der Waals surface area contributed by atoms with Crippen molar-refractivity contribution in [1.29, 1.82) is 5.26 Å². The molecule has 1 fully saturated rings. The van der Waals surface area contributed by atoms with Crippen molar-refractivity contribution in [3.8, 4) is 17.6 Å². The van der Waals surface area contributed by atoms with Gasteiger partial charge in [-0.05, 0) is 104 Å². The van der Waals surface area contributed by atoms with Crippen molar-refractivity contribution in [2.45, 2.75) is 13.2 Å². The van der Waals surface area contributed by atoms with E-state index >= 15 is 0 Å². The number of ether oxygens (including phenoxy) is 2. The summed E-state index contributed by atoms with van der Waals surface area (Å²) in [4.78, 5) is 27.1. The summed E-state index contributed by atoms with van der Waals surface area (Å²) in [7, 11) is 1.54. The molecular formula is C26H18I2N2O4S. The van der Waals surface area contributed by atoms with Crippen LogP contribution in [0.1, 0.15) is 22.3 Å². The van der Waals surface area contributed by atoms with Crippen LogP contribution in [0.25, 0.3) is 6.08 Å². The zero-order valence-electron chi connectivity index (χ0n) is 18.5. The molecule has 4 rings (SSSR count). The molecule has 0 N–H and O–H groups in total. The van der Waals surface area contributed by atoms with Crippen molar-refractivity contribution >= 4 is 74.2 Å². The number of halogens is 2. The lowest BCUT2D eigenvalue weighted by molar-refractivity contribution is -0.123. The Morgan fingerprint density at radius 1 is 1.09 bits per heavy atom. The molecular weight excluding hydrogens is 690 g/mol. The highest BCUT2D eigenvalue weighted by Gasteiger charge is 2.35. The zero-order chi connectivity index (χ0) is 24.9. The number of amides is 2. The van der Waals surface area contributed by atoms with Gasteiger partial charge in [0.1, 0.15) is 6.61 Å². The molecule has 0 radical (unpaired) electrons. The Kier molecular flexibility index (Phi) is 8.35. The quantitative estimate of drug-likeness (QED) is 0.204. The first-order valence-corrected chi connectivity index (χ1v) is 13.3. The number of thioether (sulfide) groups is 1. The summed E-state index contributed by atoms with van der Waals surface area (Å²) < 4.78 is 13.4. The number of hydrogen-bond donors (Lipinski definition) is 0. The number of hydrogen-bond acceptors (Lipinski definition) is 6. The number of rotatable bonds is 7. The van der Waals surface area contributed by atoms with Gasteiger partial charge in [-0.1, -0.05) is 30.3 Å². The molecule has 35 heavy (non-hydrogen) atoms. The number of carbonyl (C=O) groups is 2. The lowest BCUT2D eigenvalue weighted by Crippen LogP contribution is -2.27. The summed E-state index contributed by atoms with van der Waals surface area (Å²) in [6.07, 6.45) is 1.69. The lowest BCUT2D eigenvalue weighted by Gasteiger charge is -2.14. The minimum atomic E-state index is -0.319. The van der Waals surface area contributed by atoms with Crippen LogP contribution in [0.5, 0.6) is 11.5 Å². The molecule has 176 valence electrons. The lowest BCUT2D eigenvalue weighted by atomic mass is 10.1. The Hall–Kier alpha value is -2.56. The van der Waals surface area contributed by atoms with E-state index in [-0.39, 0.29) is 24.3 Å². The molecule has 1 aliphatic heterocycles. The van der Waals surface area contributed by atoms with Crippen LogP contribution in [-0.2, 0) is 17.9 Å². The van der Waals surface area contributed by atoms with Gasteiger partial charge >= 0.3 is 0 Å². The molecule has 0 saturated carbocycles. The fraction of sp³-hybridized carbons (Fsp3) is 0.115. The van der Waals surface area contributed by atoms with Crippen molar-refractivity contribution < 1.29 is 19.1 Å². The van der Waals surface area contributed by atoms with Crippen LogP contribution < -0.4 is 9.47 Å². The molecule has 0 unspecified atom stereocenters. The molecule has 0 atom stereocenters. The van der Waals surface area contributed by atoms with Crippen LogP contribution in [0, 0.1) is 18.5 Å². The van der Waals surface area contributed by atoms with Crippen molar-refractivity contribution in [3.05, 3.63) is 95.0 Å². The second-order valence-corrected chi connectivity index (χ2v) is 10.9. The number of nitriles is 1. The molecule has 0 aliphatic carbocycles. The molecule has 0 bridgehead atoms. The van der Waals surface area contributed by atoms with Gasteiger partial charge in [0.05, 0.1) is 33.8 Å². The van der Waals surface area contributed by atoms with Crippen LogP contribution in [0.15, 0.2) is 65.6 Å². The highest BCUT2D eigenvalue weighted by atomic mass is 127. The van der Waals surface area contributed by atoms with E-state index in [4.69, 9.17) is 9.47 Å². The standard InChI is InChI=1S/C26H18I2N2O4S/c1-33-22-11-17(10-21(28)24(22)34-15-19-5-3-2-4-18(19)13-29)12-23-25(31)30(26(32)35-23)14-16-6-8-20(27)9-7-16/h2-12H,14-15H2,1H3/b23-12-. The first-order valence-electron chi connectivity index (χ1n) is 10.4. The molecule has 1 aliphatic rings. The molecule has 1 saturated heterocycles. The van der Waals surface area contributed by atoms with Gasteiger partial charge in [0.15, 0.2) is 11.5 Å². The van der Waals surface area contributed by atoms with Gasteiger partial charge in [0.25, 0.3) is 11.1 Å². The zero-order valence-corrected chi connectivity index (χ0v) is 23.6. The molecule has 9 heteroatoms. The number of methoxy groups -OCH3 is 1. The highest BCUT2D eigenvalue weighted by Crippen LogP contribution is 2.38. The fourth-order valence-corrected chi connectivity index (χ4v) is 5.41. The van der Waals surface area contributed by atoms with Gasteiger partial charge in [-0.3, -0.25) is 14.5 Å². The Balaban J connectivity index is 1.54. The average Bonchev–Trinajstić information content (AvgIpc) is 3.11. The third-order valence-electron chi connectivity index (χ3n) is 5.19. The normalized spacial score (nSPS) is 14.3. The maximum absolute atomic E-state index is 12.9. The van der Waals surface area contributed by atoms with E-state index in [0.29, 0.717) is 22.0 Å². The van der Waals surface area contributed by atoms with Gasteiger partial charge in [0.2, 0.25) is 0 Å². The molecule has 0 aromatic heterocycles. The average molecular weight is 708 g/mol. The minimum absolute atomic E-state index is 0.215. The smallest absolute Gasteiger partial charge is 0.293 e. The first kappa shape index (κ1) is 25.5. The van der Waals surface area contributed by atoms with Crippen molar-refractivity contribution in [2.75, 3.05) is 7.11 Å². The van der Waals surface area contributed by atoms with E-state index in [9.17, 15) is 14.9 Å². The number of nitrogens with zero attached hydrogens (tertiary/aromatic N) is 2. The second kappa shape index (κ2) is 11.5. The number of carbonyl (C=O) groups excluding carboxylic acids is 2. The maximum Gasteiger partial charge on any atom is 0.293 e. The molecule has 3 aromatic carbocycles. The van der Waals surface area contributed by atoms with Gasteiger partial charge < -0.3 is 9.47 Å². The van der Waals surface area contributed by atoms with Crippen LogP contribution in [0.3, 0.4) is 0 Å². The van der Waals surface area contributed by atoms with Crippen LogP contribution in [0.4, 0.5) is 4.79 Å². The Morgan fingerprint density at radius 2 is 1.83 bits per heavy atom. The summed E-state index contributed by atoms with van der Waals surface area (Å²) in [6.45, 7) is 0.448. The van der Waals surface area contributed by atoms with E-state index < -0.39 is 0 Å². The van der Waals surface area contributed by atoms with Gasteiger partial charge in [-0.2, -0.15) is 5.26 Å². The predicted molar refractivity (Wildman–Crippen MR) is 152 cm³/mol. The maximum atomic E-state index is 12.9. The minimum Gasteiger partial charge on any atom is -0.493 e. The SMILES string of the molecule is COc1cc(/C=C2\SC(=O)N(Cc3ccc(I)cc3)C2=O)cc(I)c1OCc1ccccc1C#N. The summed E-state index contributed by atoms with van der Waals surface area (Å²) in [5, 5.41) is 9.01. The summed E-state index contributed by atoms with van der Waals surface area (Å²) in [6, 6.07) is 20.8. The molecule has 0 spiro atoms. The first-order chi connectivity index (χ1) is 16.9. The third kappa shape index (κ3) is 5.99. The van der Waals surface area contributed by atoms with Crippen LogP contribution >= 0.6 is 56.9 Å². The molecule has 6 nitrogen and oxygen atoms in total. The van der Waals surface area contributed by atoms with Crippen LogP contribution in [0.2, 0.25) is 0 Å². The Bertz CT molecular complexity index is 1370. The fourth-order valence-electron chi connectivity index (χ4n) is 3.43. The predicted octanol–water partition coefficient (Wildman–Crippen LogP) is 6.59. The van der Waals surface area contributed by atoms with E-state index in [1.54, 1.807) is 25.3 Å². The highest BCUT2D eigenvalue weighted by molar-refractivity contribution is 14.1. The molecule has 2 amide bonds. The Labute approximate surface area is 234 Å².